The smallest absolute Gasteiger partial charge is 0.269 e. The van der Waals surface area contributed by atoms with E-state index < -0.39 is 10.8 Å². The van der Waals surface area contributed by atoms with E-state index in [4.69, 9.17) is 16.3 Å². The molecule has 1 atom stereocenters. The second-order valence-corrected chi connectivity index (χ2v) is 5.32. The van der Waals surface area contributed by atoms with Crippen LogP contribution in [-0.4, -0.2) is 17.9 Å². The molecule has 0 spiro atoms. The molecular weight excluding hydrogens is 320 g/mol. The summed E-state index contributed by atoms with van der Waals surface area (Å²) in [5.74, 6) is -0.176. The number of non-ortho nitro benzene ring substituents is 1. The van der Waals surface area contributed by atoms with E-state index in [9.17, 15) is 14.9 Å². The Hall–Kier alpha value is -2.60. The Kier molecular flexibility index (Phi) is 5.18. The summed E-state index contributed by atoms with van der Waals surface area (Å²) in [4.78, 5) is 22.4. The van der Waals surface area contributed by atoms with Crippen LogP contribution in [0.1, 0.15) is 18.4 Å². The van der Waals surface area contributed by atoms with E-state index in [1.54, 1.807) is 37.3 Å². The molecule has 2 aromatic rings. The molecule has 6 nitrogen and oxygen atoms in total. The lowest BCUT2D eigenvalue weighted by Crippen LogP contribution is -2.18. The van der Waals surface area contributed by atoms with Crippen molar-refractivity contribution < 1.29 is 14.5 Å². The molecule has 1 N–H and O–H groups in total. The van der Waals surface area contributed by atoms with Crippen LogP contribution in [0.5, 0.6) is 5.75 Å². The number of nitro benzene ring substituents is 1. The lowest BCUT2D eigenvalue weighted by atomic mass is 10.00. The third-order valence-corrected chi connectivity index (χ3v) is 3.71. The van der Waals surface area contributed by atoms with Gasteiger partial charge in [0.2, 0.25) is 5.91 Å². The van der Waals surface area contributed by atoms with Gasteiger partial charge in [-0.3, -0.25) is 14.9 Å². The Balaban J connectivity index is 2.10. The lowest BCUT2D eigenvalue weighted by molar-refractivity contribution is -0.384. The molecule has 2 aromatic carbocycles. The number of carbonyl (C=O) groups excluding carboxylic acids is 1. The van der Waals surface area contributed by atoms with E-state index in [0.29, 0.717) is 22.0 Å². The van der Waals surface area contributed by atoms with E-state index in [1.165, 1.54) is 19.2 Å². The number of halogens is 1. The number of nitrogens with zero attached hydrogens (tertiary/aromatic N) is 1. The number of methoxy groups -OCH3 is 1. The zero-order chi connectivity index (χ0) is 17.0. The minimum absolute atomic E-state index is 0.0108. The van der Waals surface area contributed by atoms with Gasteiger partial charge in [0.15, 0.2) is 0 Å². The number of carbonyl (C=O) groups is 1. The van der Waals surface area contributed by atoms with Crippen LogP contribution in [0.15, 0.2) is 42.5 Å². The van der Waals surface area contributed by atoms with Crippen LogP contribution in [-0.2, 0) is 4.79 Å². The van der Waals surface area contributed by atoms with E-state index >= 15 is 0 Å². The van der Waals surface area contributed by atoms with Gasteiger partial charge >= 0.3 is 0 Å². The van der Waals surface area contributed by atoms with Crippen molar-refractivity contribution in [3.63, 3.8) is 0 Å². The van der Waals surface area contributed by atoms with Crippen molar-refractivity contribution in [3.05, 3.63) is 63.2 Å². The van der Waals surface area contributed by atoms with Gasteiger partial charge in [-0.25, -0.2) is 0 Å². The topological polar surface area (TPSA) is 81.5 Å². The average molecular weight is 335 g/mol. The standard InChI is InChI=1S/C16H15ClN2O4/c1-10(11-3-6-13(7-4-11)19(21)22)16(20)18-12-5-8-15(23-2)14(17)9-12/h3-10H,1-2H3,(H,18,20). The van der Waals surface area contributed by atoms with Crippen LogP contribution in [0.3, 0.4) is 0 Å². The number of amides is 1. The van der Waals surface area contributed by atoms with Gasteiger partial charge in [-0.1, -0.05) is 23.7 Å². The van der Waals surface area contributed by atoms with Crippen LogP contribution in [0.4, 0.5) is 11.4 Å². The summed E-state index contributed by atoms with van der Waals surface area (Å²) in [6.45, 7) is 1.72. The predicted molar refractivity (Wildman–Crippen MR) is 88.1 cm³/mol. The molecular formula is C16H15ClN2O4. The monoisotopic (exact) mass is 334 g/mol. The largest absolute Gasteiger partial charge is 0.495 e. The van der Waals surface area contributed by atoms with Crippen LogP contribution in [0.25, 0.3) is 0 Å². The number of rotatable bonds is 5. The molecule has 0 fully saturated rings. The normalized spacial score (nSPS) is 11.6. The second-order valence-electron chi connectivity index (χ2n) is 4.91. The highest BCUT2D eigenvalue weighted by Crippen LogP contribution is 2.28. The summed E-state index contributed by atoms with van der Waals surface area (Å²) >= 11 is 6.02. The number of nitrogens with one attached hydrogen (secondary N) is 1. The summed E-state index contributed by atoms with van der Waals surface area (Å²) in [6.07, 6.45) is 0. The van der Waals surface area contributed by atoms with Gasteiger partial charge in [-0.05, 0) is 30.7 Å². The molecule has 2 rings (SSSR count). The van der Waals surface area contributed by atoms with Crippen LogP contribution in [0, 0.1) is 10.1 Å². The first-order valence-corrected chi connectivity index (χ1v) is 7.19. The number of nitro groups is 1. The third kappa shape index (κ3) is 3.98. The van der Waals surface area contributed by atoms with Crippen molar-refractivity contribution in [3.8, 4) is 5.75 Å². The van der Waals surface area contributed by atoms with Crippen LogP contribution in [0.2, 0.25) is 5.02 Å². The molecule has 0 saturated heterocycles. The molecule has 0 saturated carbocycles. The SMILES string of the molecule is COc1ccc(NC(=O)C(C)c2ccc([N+](=O)[O-])cc2)cc1Cl. The molecule has 7 heteroatoms. The van der Waals surface area contributed by atoms with Gasteiger partial charge < -0.3 is 10.1 Å². The Bertz CT molecular complexity index is 731. The van der Waals surface area contributed by atoms with Crippen molar-refractivity contribution in [1.82, 2.24) is 0 Å². The molecule has 1 amide bonds. The summed E-state index contributed by atoms with van der Waals surface area (Å²) in [5, 5.41) is 13.8. The molecule has 0 bridgehead atoms. The van der Waals surface area contributed by atoms with E-state index in [-0.39, 0.29) is 11.6 Å². The van der Waals surface area contributed by atoms with E-state index in [2.05, 4.69) is 5.32 Å². The first kappa shape index (κ1) is 16.8. The molecule has 0 aliphatic rings. The Labute approximate surface area is 138 Å². The number of ether oxygens (including phenoxy) is 1. The minimum atomic E-state index is -0.478. The van der Waals surface area contributed by atoms with Crippen LogP contribution >= 0.6 is 11.6 Å². The molecule has 23 heavy (non-hydrogen) atoms. The average Bonchev–Trinajstić information content (AvgIpc) is 2.54. The van der Waals surface area contributed by atoms with Gasteiger partial charge in [0, 0.05) is 17.8 Å². The number of hydrogen-bond donors (Lipinski definition) is 1. The molecule has 0 aliphatic heterocycles. The Morgan fingerprint density at radius 3 is 2.43 bits per heavy atom. The number of anilines is 1. The Morgan fingerprint density at radius 2 is 1.91 bits per heavy atom. The number of hydrogen-bond acceptors (Lipinski definition) is 4. The maximum absolute atomic E-state index is 12.3. The lowest BCUT2D eigenvalue weighted by Gasteiger charge is -2.13. The fraction of sp³-hybridized carbons (Fsp3) is 0.188. The van der Waals surface area contributed by atoms with Crippen molar-refractivity contribution in [2.45, 2.75) is 12.8 Å². The summed E-state index contributed by atoms with van der Waals surface area (Å²) in [5.41, 5.74) is 1.23. The van der Waals surface area contributed by atoms with Crippen LogP contribution < -0.4 is 10.1 Å². The third-order valence-electron chi connectivity index (χ3n) is 3.42. The first-order chi connectivity index (χ1) is 10.9. The highest BCUT2D eigenvalue weighted by molar-refractivity contribution is 6.32. The molecule has 0 aliphatic carbocycles. The first-order valence-electron chi connectivity index (χ1n) is 6.81. The predicted octanol–water partition coefficient (Wildman–Crippen LogP) is 4.00. The van der Waals surface area contributed by atoms with E-state index in [1.807, 2.05) is 0 Å². The zero-order valence-corrected chi connectivity index (χ0v) is 13.3. The van der Waals surface area contributed by atoms with Gasteiger partial charge in [-0.2, -0.15) is 0 Å². The highest BCUT2D eigenvalue weighted by atomic mass is 35.5. The summed E-state index contributed by atoms with van der Waals surface area (Å²) in [6, 6.07) is 10.8. The van der Waals surface area contributed by atoms with Crippen molar-refractivity contribution in [2.24, 2.45) is 0 Å². The minimum Gasteiger partial charge on any atom is -0.495 e. The zero-order valence-electron chi connectivity index (χ0n) is 12.6. The Morgan fingerprint density at radius 1 is 1.26 bits per heavy atom. The van der Waals surface area contributed by atoms with Crippen molar-refractivity contribution >= 4 is 28.9 Å². The molecule has 0 aromatic heterocycles. The van der Waals surface area contributed by atoms with Gasteiger partial charge in [0.05, 0.1) is 23.0 Å². The highest BCUT2D eigenvalue weighted by Gasteiger charge is 2.17. The van der Waals surface area contributed by atoms with Gasteiger partial charge in [0.1, 0.15) is 5.75 Å². The molecule has 120 valence electrons. The van der Waals surface area contributed by atoms with Crippen molar-refractivity contribution in [1.29, 1.82) is 0 Å². The second kappa shape index (κ2) is 7.11. The van der Waals surface area contributed by atoms with E-state index in [0.717, 1.165) is 0 Å². The maximum Gasteiger partial charge on any atom is 0.269 e. The van der Waals surface area contributed by atoms with Gasteiger partial charge in [0.25, 0.3) is 5.69 Å². The summed E-state index contributed by atoms with van der Waals surface area (Å²) < 4.78 is 5.05. The maximum atomic E-state index is 12.3. The molecule has 1 unspecified atom stereocenters. The molecule has 0 radical (unpaired) electrons. The summed E-state index contributed by atoms with van der Waals surface area (Å²) in [7, 11) is 1.51. The quantitative estimate of drug-likeness (QED) is 0.662. The van der Waals surface area contributed by atoms with Gasteiger partial charge in [-0.15, -0.1) is 0 Å². The fourth-order valence-electron chi connectivity index (χ4n) is 2.03. The molecule has 0 heterocycles. The van der Waals surface area contributed by atoms with Crippen molar-refractivity contribution in [2.75, 3.05) is 12.4 Å². The number of benzene rings is 2. The fourth-order valence-corrected chi connectivity index (χ4v) is 2.29.